The van der Waals surface area contributed by atoms with Crippen LogP contribution in [-0.2, 0) is 6.18 Å². The van der Waals surface area contributed by atoms with E-state index in [2.05, 4.69) is 4.98 Å². The number of phenols is 1. The summed E-state index contributed by atoms with van der Waals surface area (Å²) in [6, 6.07) is 7.58. The van der Waals surface area contributed by atoms with Gasteiger partial charge in [-0.1, -0.05) is 0 Å². The zero-order chi connectivity index (χ0) is 15.6. The fourth-order valence-corrected chi connectivity index (χ4v) is 1.66. The van der Waals surface area contributed by atoms with E-state index in [4.69, 9.17) is 10.00 Å². The molecule has 0 radical (unpaired) electrons. The number of alkyl halides is 3. The van der Waals surface area contributed by atoms with Crippen molar-refractivity contribution in [3.63, 3.8) is 0 Å². The summed E-state index contributed by atoms with van der Waals surface area (Å²) >= 11 is 0. The number of phenolic OH excluding ortho intramolecular Hbond substituents is 1. The van der Waals surface area contributed by atoms with Crippen LogP contribution < -0.4 is 4.74 Å². The molecule has 0 saturated carbocycles. The second-order valence-corrected chi connectivity index (χ2v) is 4.27. The molecule has 0 amide bonds. The number of hydrogen-bond donors (Lipinski definition) is 1. The van der Waals surface area contributed by atoms with E-state index in [0.29, 0.717) is 11.6 Å². The third kappa shape index (κ3) is 3.42. The predicted molar refractivity (Wildman–Crippen MR) is 66.9 cm³/mol. The first-order valence-corrected chi connectivity index (χ1v) is 5.76. The minimum Gasteiger partial charge on any atom is -0.508 e. The van der Waals surface area contributed by atoms with Gasteiger partial charge in [-0.25, -0.2) is 4.98 Å². The van der Waals surface area contributed by atoms with Gasteiger partial charge in [-0.2, -0.15) is 18.4 Å². The van der Waals surface area contributed by atoms with Crippen molar-refractivity contribution in [2.45, 2.75) is 13.1 Å². The van der Waals surface area contributed by atoms with Crippen LogP contribution in [0.25, 0.3) is 0 Å². The Morgan fingerprint density at radius 2 is 1.95 bits per heavy atom. The third-order valence-electron chi connectivity index (χ3n) is 2.52. The SMILES string of the molecule is Cc1cc(O)cc(Oc2nc(C(F)(F)F)ccc2C#N)c1. The molecule has 2 aromatic rings. The molecule has 1 heterocycles. The minimum atomic E-state index is -4.64. The van der Waals surface area contributed by atoms with Crippen LogP contribution in [0.4, 0.5) is 13.2 Å². The second kappa shape index (κ2) is 5.32. The highest BCUT2D eigenvalue weighted by atomic mass is 19.4. The lowest BCUT2D eigenvalue weighted by Gasteiger charge is -2.11. The number of halogens is 3. The molecule has 0 aliphatic carbocycles. The van der Waals surface area contributed by atoms with Gasteiger partial charge in [-0.05, 0) is 36.8 Å². The molecule has 21 heavy (non-hydrogen) atoms. The van der Waals surface area contributed by atoms with Crippen LogP contribution in [0.5, 0.6) is 17.4 Å². The summed E-state index contributed by atoms with van der Waals surface area (Å²) in [4.78, 5) is 3.32. The molecule has 0 aliphatic rings. The van der Waals surface area contributed by atoms with Crippen LogP contribution in [-0.4, -0.2) is 10.1 Å². The second-order valence-electron chi connectivity index (χ2n) is 4.27. The van der Waals surface area contributed by atoms with Gasteiger partial charge in [0.2, 0.25) is 5.88 Å². The molecule has 1 aromatic heterocycles. The minimum absolute atomic E-state index is 0.0934. The van der Waals surface area contributed by atoms with Crippen LogP contribution in [0.15, 0.2) is 30.3 Å². The number of benzene rings is 1. The van der Waals surface area contributed by atoms with Crippen molar-refractivity contribution in [2.24, 2.45) is 0 Å². The normalized spacial score (nSPS) is 11.0. The summed E-state index contributed by atoms with van der Waals surface area (Å²) in [5.74, 6) is -0.469. The first-order valence-electron chi connectivity index (χ1n) is 5.76. The number of rotatable bonds is 2. The van der Waals surface area contributed by atoms with Crippen molar-refractivity contribution < 1.29 is 23.0 Å². The molecule has 2 rings (SSSR count). The maximum atomic E-state index is 12.6. The van der Waals surface area contributed by atoms with E-state index in [1.165, 1.54) is 18.2 Å². The van der Waals surface area contributed by atoms with Crippen LogP contribution in [0, 0.1) is 18.3 Å². The Balaban J connectivity index is 2.45. The Hall–Kier alpha value is -2.75. The van der Waals surface area contributed by atoms with Gasteiger partial charge in [0, 0.05) is 6.07 Å². The van der Waals surface area contributed by atoms with E-state index >= 15 is 0 Å². The first kappa shape index (κ1) is 14.7. The molecule has 1 aromatic carbocycles. The average molecular weight is 294 g/mol. The van der Waals surface area contributed by atoms with Crippen molar-refractivity contribution in [2.75, 3.05) is 0 Å². The fraction of sp³-hybridized carbons (Fsp3) is 0.143. The van der Waals surface area contributed by atoms with Gasteiger partial charge in [-0.3, -0.25) is 0 Å². The van der Waals surface area contributed by atoms with Crippen molar-refractivity contribution in [3.8, 4) is 23.4 Å². The van der Waals surface area contributed by atoms with Gasteiger partial charge in [0.15, 0.2) is 0 Å². The number of aromatic hydroxyl groups is 1. The standard InChI is InChI=1S/C14H9F3N2O2/c1-8-4-10(20)6-11(5-8)21-13-9(7-18)2-3-12(19-13)14(15,16)17/h2-6,20H,1H3. The number of pyridine rings is 1. The first-order chi connectivity index (χ1) is 9.79. The van der Waals surface area contributed by atoms with Gasteiger partial charge in [0.1, 0.15) is 28.8 Å². The van der Waals surface area contributed by atoms with E-state index in [1.807, 2.05) is 0 Å². The van der Waals surface area contributed by atoms with Crippen LogP contribution >= 0.6 is 0 Å². The Bertz CT molecular complexity index is 701. The van der Waals surface area contributed by atoms with Gasteiger partial charge >= 0.3 is 6.18 Å². The number of nitriles is 1. The number of aromatic nitrogens is 1. The maximum absolute atomic E-state index is 12.6. The van der Waals surface area contributed by atoms with Crippen molar-refractivity contribution >= 4 is 0 Å². The molecule has 0 unspecified atom stereocenters. The highest BCUT2D eigenvalue weighted by molar-refractivity contribution is 5.44. The summed E-state index contributed by atoms with van der Waals surface area (Å²) < 4.78 is 43.1. The predicted octanol–water partition coefficient (Wildman–Crippen LogP) is 3.78. The summed E-state index contributed by atoms with van der Waals surface area (Å²) in [6.45, 7) is 1.68. The van der Waals surface area contributed by atoms with E-state index in [0.717, 1.165) is 6.07 Å². The number of ether oxygens (including phenoxy) is 1. The lowest BCUT2D eigenvalue weighted by molar-refractivity contribution is -0.141. The molecule has 0 saturated heterocycles. The van der Waals surface area contributed by atoms with Gasteiger partial charge in [-0.15, -0.1) is 0 Å². The molecular formula is C14H9F3N2O2. The third-order valence-corrected chi connectivity index (χ3v) is 2.52. The Kier molecular flexibility index (Phi) is 3.72. The zero-order valence-electron chi connectivity index (χ0n) is 10.8. The van der Waals surface area contributed by atoms with Gasteiger partial charge in [0.25, 0.3) is 0 Å². The van der Waals surface area contributed by atoms with Crippen molar-refractivity contribution in [1.82, 2.24) is 4.98 Å². The zero-order valence-corrected chi connectivity index (χ0v) is 10.8. The molecule has 0 fully saturated rings. The van der Waals surface area contributed by atoms with Crippen LogP contribution in [0.1, 0.15) is 16.8 Å². The van der Waals surface area contributed by atoms with Crippen LogP contribution in [0.2, 0.25) is 0 Å². The topological polar surface area (TPSA) is 66.1 Å². The molecular weight excluding hydrogens is 285 g/mol. The van der Waals surface area contributed by atoms with E-state index in [9.17, 15) is 18.3 Å². The van der Waals surface area contributed by atoms with Crippen LogP contribution in [0.3, 0.4) is 0 Å². The van der Waals surface area contributed by atoms with E-state index < -0.39 is 17.8 Å². The highest BCUT2D eigenvalue weighted by Gasteiger charge is 2.33. The van der Waals surface area contributed by atoms with Crippen molar-refractivity contribution in [3.05, 3.63) is 47.2 Å². The molecule has 0 atom stereocenters. The average Bonchev–Trinajstić information content (AvgIpc) is 2.36. The lowest BCUT2D eigenvalue weighted by Crippen LogP contribution is -2.09. The number of hydrogen-bond acceptors (Lipinski definition) is 4. The molecule has 7 heteroatoms. The molecule has 0 spiro atoms. The highest BCUT2D eigenvalue weighted by Crippen LogP contribution is 2.32. The Morgan fingerprint density at radius 1 is 1.24 bits per heavy atom. The van der Waals surface area contributed by atoms with E-state index in [1.54, 1.807) is 13.0 Å². The van der Waals surface area contributed by atoms with Gasteiger partial charge in [0.05, 0.1) is 0 Å². The maximum Gasteiger partial charge on any atom is 0.433 e. The Morgan fingerprint density at radius 3 is 2.52 bits per heavy atom. The van der Waals surface area contributed by atoms with Gasteiger partial charge < -0.3 is 9.84 Å². The summed E-state index contributed by atoms with van der Waals surface area (Å²) in [5, 5.41) is 18.3. The largest absolute Gasteiger partial charge is 0.508 e. The number of nitrogens with zero attached hydrogens (tertiary/aromatic N) is 2. The summed E-state index contributed by atoms with van der Waals surface area (Å²) in [6.07, 6.45) is -4.64. The fourth-order valence-electron chi connectivity index (χ4n) is 1.66. The molecule has 4 nitrogen and oxygen atoms in total. The lowest BCUT2D eigenvalue weighted by atomic mass is 10.2. The monoisotopic (exact) mass is 294 g/mol. The molecule has 1 N–H and O–H groups in total. The summed E-state index contributed by atoms with van der Waals surface area (Å²) in [5.41, 5.74) is -0.646. The van der Waals surface area contributed by atoms with Crippen molar-refractivity contribution in [1.29, 1.82) is 5.26 Å². The Labute approximate surface area is 118 Å². The summed E-state index contributed by atoms with van der Waals surface area (Å²) in [7, 11) is 0. The molecule has 0 bridgehead atoms. The quantitative estimate of drug-likeness (QED) is 0.915. The smallest absolute Gasteiger partial charge is 0.433 e. The molecule has 108 valence electrons. The molecule has 0 aliphatic heterocycles. The number of aryl methyl sites for hydroxylation is 1. The van der Waals surface area contributed by atoms with E-state index in [-0.39, 0.29) is 17.1 Å².